The summed E-state index contributed by atoms with van der Waals surface area (Å²) in [5.41, 5.74) is 0.178. The van der Waals surface area contributed by atoms with Gasteiger partial charge in [-0.2, -0.15) is 0 Å². The Kier molecular flexibility index (Phi) is 3.96. The zero-order chi connectivity index (χ0) is 17.5. The highest BCUT2D eigenvalue weighted by Gasteiger charge is 2.21. The molecule has 1 aromatic carbocycles. The van der Waals surface area contributed by atoms with Crippen molar-refractivity contribution in [2.24, 2.45) is 7.05 Å². The lowest BCUT2D eigenvalue weighted by Gasteiger charge is -2.12. The molecule has 3 aromatic rings. The van der Waals surface area contributed by atoms with E-state index in [2.05, 4.69) is 15.5 Å². The van der Waals surface area contributed by atoms with Gasteiger partial charge in [-0.15, -0.1) is 10.2 Å². The molecule has 1 amide bonds. The predicted molar refractivity (Wildman–Crippen MR) is 95.8 cm³/mol. The van der Waals surface area contributed by atoms with Crippen LogP contribution >= 0.6 is 11.3 Å². The summed E-state index contributed by atoms with van der Waals surface area (Å²) in [4.78, 5) is 24.8. The Labute approximate surface area is 143 Å². The lowest BCUT2D eigenvalue weighted by Crippen LogP contribution is -2.21. The SMILES string of the molecule is Cn1cc(C(=O)Nc2nnc(C(C)(C)C)s2)c2ccccc2c1=O. The Morgan fingerprint density at radius 2 is 1.83 bits per heavy atom. The molecule has 0 bridgehead atoms. The minimum Gasteiger partial charge on any atom is -0.317 e. The summed E-state index contributed by atoms with van der Waals surface area (Å²) in [6.45, 7) is 6.12. The normalized spacial score (nSPS) is 11.7. The molecule has 124 valence electrons. The third kappa shape index (κ3) is 2.94. The number of nitrogens with one attached hydrogen (secondary N) is 1. The summed E-state index contributed by atoms with van der Waals surface area (Å²) >= 11 is 1.35. The van der Waals surface area contributed by atoms with E-state index in [4.69, 9.17) is 0 Å². The second-order valence-corrected chi connectivity index (χ2v) is 7.60. The van der Waals surface area contributed by atoms with Gasteiger partial charge in [-0.25, -0.2) is 0 Å². The second-order valence-electron chi connectivity index (χ2n) is 6.62. The van der Waals surface area contributed by atoms with Crippen LogP contribution in [-0.2, 0) is 12.5 Å². The summed E-state index contributed by atoms with van der Waals surface area (Å²) in [5.74, 6) is -0.307. The van der Waals surface area contributed by atoms with Gasteiger partial charge in [0.2, 0.25) is 5.13 Å². The first kappa shape index (κ1) is 16.3. The Morgan fingerprint density at radius 3 is 2.46 bits per heavy atom. The molecule has 2 heterocycles. The van der Waals surface area contributed by atoms with Gasteiger partial charge in [0.1, 0.15) is 5.01 Å². The lowest BCUT2D eigenvalue weighted by molar-refractivity contribution is 0.102. The topological polar surface area (TPSA) is 76.9 Å². The van der Waals surface area contributed by atoms with Crippen molar-refractivity contribution in [3.05, 3.63) is 51.4 Å². The number of fused-ring (bicyclic) bond motifs is 1. The maximum Gasteiger partial charge on any atom is 0.259 e. The van der Waals surface area contributed by atoms with Crippen LogP contribution in [0.2, 0.25) is 0 Å². The van der Waals surface area contributed by atoms with Crippen molar-refractivity contribution in [2.45, 2.75) is 26.2 Å². The van der Waals surface area contributed by atoms with Gasteiger partial charge < -0.3 is 4.57 Å². The van der Waals surface area contributed by atoms with Crippen LogP contribution in [-0.4, -0.2) is 20.7 Å². The van der Waals surface area contributed by atoms with Crippen LogP contribution in [0.3, 0.4) is 0 Å². The van der Waals surface area contributed by atoms with Crippen molar-refractivity contribution >= 4 is 33.1 Å². The predicted octanol–water partition coefficient (Wildman–Crippen LogP) is 2.94. The summed E-state index contributed by atoms with van der Waals surface area (Å²) in [6.07, 6.45) is 1.55. The number of aromatic nitrogens is 3. The number of hydrogen-bond donors (Lipinski definition) is 1. The highest BCUT2D eigenvalue weighted by Crippen LogP contribution is 2.28. The standard InChI is InChI=1S/C17H18N4O2S/c1-17(2,3)15-19-20-16(24-15)18-13(22)12-9-21(4)14(23)11-8-6-5-7-10(11)12/h5-9H,1-4H3,(H,18,20,22). The number of amides is 1. The molecule has 0 spiro atoms. The third-order valence-corrected chi connectivity index (χ3v) is 4.89. The quantitative estimate of drug-likeness (QED) is 0.777. The number of anilines is 1. The van der Waals surface area contributed by atoms with Crippen LogP contribution in [0.1, 0.15) is 36.1 Å². The molecule has 0 aliphatic carbocycles. The van der Waals surface area contributed by atoms with E-state index in [0.717, 1.165) is 5.01 Å². The highest BCUT2D eigenvalue weighted by molar-refractivity contribution is 7.15. The van der Waals surface area contributed by atoms with Crippen molar-refractivity contribution in [2.75, 3.05) is 5.32 Å². The molecule has 7 heteroatoms. The summed E-state index contributed by atoms with van der Waals surface area (Å²) in [5, 5.41) is 13.4. The van der Waals surface area contributed by atoms with Gasteiger partial charge in [0.25, 0.3) is 11.5 Å². The summed E-state index contributed by atoms with van der Waals surface area (Å²) in [6, 6.07) is 7.08. The zero-order valence-electron chi connectivity index (χ0n) is 14.0. The van der Waals surface area contributed by atoms with Gasteiger partial charge >= 0.3 is 0 Å². The summed E-state index contributed by atoms with van der Waals surface area (Å²) < 4.78 is 1.41. The number of benzene rings is 1. The first-order valence-electron chi connectivity index (χ1n) is 7.51. The van der Waals surface area contributed by atoms with E-state index in [1.807, 2.05) is 20.8 Å². The number of carbonyl (C=O) groups is 1. The fourth-order valence-electron chi connectivity index (χ4n) is 2.34. The van der Waals surface area contributed by atoms with E-state index < -0.39 is 0 Å². The molecule has 0 aliphatic heterocycles. The van der Waals surface area contributed by atoms with Crippen molar-refractivity contribution in [3.63, 3.8) is 0 Å². The van der Waals surface area contributed by atoms with Crippen LogP contribution < -0.4 is 10.9 Å². The average Bonchev–Trinajstić information content (AvgIpc) is 2.99. The Hall–Kier alpha value is -2.54. The third-order valence-electron chi connectivity index (χ3n) is 3.62. The maximum atomic E-state index is 12.7. The first-order valence-corrected chi connectivity index (χ1v) is 8.33. The van der Waals surface area contributed by atoms with Crippen LogP contribution in [0, 0.1) is 0 Å². The fourth-order valence-corrected chi connectivity index (χ4v) is 3.13. The number of hydrogen-bond acceptors (Lipinski definition) is 5. The molecule has 3 rings (SSSR count). The van der Waals surface area contributed by atoms with Crippen molar-refractivity contribution in [1.82, 2.24) is 14.8 Å². The maximum absolute atomic E-state index is 12.7. The van der Waals surface area contributed by atoms with Crippen LogP contribution in [0.15, 0.2) is 35.3 Å². The molecule has 0 fully saturated rings. The number of nitrogens with zero attached hydrogens (tertiary/aromatic N) is 3. The van der Waals surface area contributed by atoms with Gasteiger partial charge in [0.15, 0.2) is 0 Å². The minimum absolute atomic E-state index is 0.121. The highest BCUT2D eigenvalue weighted by atomic mass is 32.1. The Morgan fingerprint density at radius 1 is 1.17 bits per heavy atom. The van der Waals surface area contributed by atoms with Crippen LogP contribution in [0.25, 0.3) is 10.8 Å². The number of rotatable bonds is 2. The summed E-state index contributed by atoms with van der Waals surface area (Å²) in [7, 11) is 1.63. The molecule has 0 saturated heterocycles. The van der Waals surface area contributed by atoms with Crippen LogP contribution in [0.4, 0.5) is 5.13 Å². The van der Waals surface area contributed by atoms with E-state index in [-0.39, 0.29) is 16.9 Å². The first-order chi connectivity index (χ1) is 11.3. The molecule has 0 radical (unpaired) electrons. The van der Waals surface area contributed by atoms with Gasteiger partial charge in [0.05, 0.1) is 5.56 Å². The van der Waals surface area contributed by atoms with Crippen molar-refractivity contribution in [1.29, 1.82) is 0 Å². The average molecular weight is 342 g/mol. The van der Waals surface area contributed by atoms with E-state index in [9.17, 15) is 9.59 Å². The Balaban J connectivity index is 1.99. The minimum atomic E-state index is -0.307. The lowest BCUT2D eigenvalue weighted by atomic mass is 9.98. The molecule has 2 aromatic heterocycles. The van der Waals surface area contributed by atoms with E-state index in [1.54, 1.807) is 37.5 Å². The second kappa shape index (κ2) is 5.83. The van der Waals surface area contributed by atoms with Gasteiger partial charge in [-0.3, -0.25) is 14.9 Å². The molecule has 6 nitrogen and oxygen atoms in total. The number of pyridine rings is 1. The fraction of sp³-hybridized carbons (Fsp3) is 0.294. The molecule has 0 unspecified atom stereocenters. The smallest absolute Gasteiger partial charge is 0.259 e. The molecule has 1 N–H and O–H groups in total. The van der Waals surface area contributed by atoms with Gasteiger partial charge in [-0.05, 0) is 6.07 Å². The Bertz CT molecular complexity index is 982. The molecule has 0 atom stereocenters. The zero-order valence-corrected chi connectivity index (χ0v) is 14.8. The van der Waals surface area contributed by atoms with Crippen LogP contribution in [0.5, 0.6) is 0 Å². The monoisotopic (exact) mass is 342 g/mol. The molecule has 24 heavy (non-hydrogen) atoms. The van der Waals surface area contributed by atoms with E-state index in [0.29, 0.717) is 21.5 Å². The molecular formula is C17H18N4O2S. The number of carbonyl (C=O) groups excluding carboxylic acids is 1. The van der Waals surface area contributed by atoms with Gasteiger partial charge in [-0.1, -0.05) is 50.3 Å². The molecular weight excluding hydrogens is 324 g/mol. The van der Waals surface area contributed by atoms with Crippen molar-refractivity contribution in [3.8, 4) is 0 Å². The largest absolute Gasteiger partial charge is 0.317 e. The van der Waals surface area contributed by atoms with Crippen molar-refractivity contribution < 1.29 is 4.79 Å². The molecule has 0 aliphatic rings. The number of aryl methyl sites for hydroxylation is 1. The van der Waals surface area contributed by atoms with E-state index >= 15 is 0 Å². The molecule has 0 saturated carbocycles. The van der Waals surface area contributed by atoms with Gasteiger partial charge in [0, 0.05) is 29.4 Å². The van der Waals surface area contributed by atoms with E-state index in [1.165, 1.54) is 15.9 Å².